The zero-order valence-electron chi connectivity index (χ0n) is 16.1. The maximum absolute atomic E-state index is 12.4. The third-order valence-corrected chi connectivity index (χ3v) is 6.44. The highest BCUT2D eigenvalue weighted by Gasteiger charge is 2.20. The fourth-order valence-electron chi connectivity index (χ4n) is 2.58. The minimum Gasteiger partial charge on any atom is -0.327 e. The highest BCUT2D eigenvalue weighted by molar-refractivity contribution is 7.89. The lowest BCUT2D eigenvalue weighted by atomic mass is 10.0. The number of hydrogen-bond donors (Lipinski definition) is 1. The van der Waals surface area contributed by atoms with E-state index in [1.165, 1.54) is 18.4 Å². The number of benzene rings is 1. The highest BCUT2D eigenvalue weighted by atomic mass is 32.2. The van der Waals surface area contributed by atoms with E-state index < -0.39 is 10.0 Å². The van der Waals surface area contributed by atoms with E-state index in [1.807, 2.05) is 6.07 Å². The Balaban J connectivity index is 2.47. The molecular formula is C18H30N4O2S. The van der Waals surface area contributed by atoms with Crippen molar-refractivity contribution >= 4 is 21.1 Å². The van der Waals surface area contributed by atoms with E-state index in [9.17, 15) is 8.42 Å². The van der Waals surface area contributed by atoms with Gasteiger partial charge in [0.15, 0.2) is 0 Å². The second kappa shape index (κ2) is 7.43. The van der Waals surface area contributed by atoms with Crippen molar-refractivity contribution in [3.05, 3.63) is 24.0 Å². The average Bonchev–Trinajstić information content (AvgIpc) is 2.90. The van der Waals surface area contributed by atoms with Gasteiger partial charge in [0.05, 0.1) is 22.5 Å². The van der Waals surface area contributed by atoms with Crippen molar-refractivity contribution in [3.8, 4) is 0 Å². The Bertz CT molecular complexity index is 838. The first kappa shape index (κ1) is 19.9. The van der Waals surface area contributed by atoms with Gasteiger partial charge >= 0.3 is 0 Å². The van der Waals surface area contributed by atoms with Crippen molar-refractivity contribution in [2.75, 3.05) is 14.1 Å². The lowest BCUT2D eigenvalue weighted by Gasteiger charge is -2.24. The van der Waals surface area contributed by atoms with Crippen molar-refractivity contribution in [2.24, 2.45) is 0 Å². The quantitative estimate of drug-likeness (QED) is 0.780. The van der Waals surface area contributed by atoms with Gasteiger partial charge in [-0.05, 0) is 44.9 Å². The van der Waals surface area contributed by atoms with Gasteiger partial charge in [0, 0.05) is 26.2 Å². The summed E-state index contributed by atoms with van der Waals surface area (Å²) < 4.78 is 28.1. The number of aryl methyl sites for hydroxylation is 1. The molecule has 0 aliphatic carbocycles. The zero-order valence-corrected chi connectivity index (χ0v) is 16.9. The van der Waals surface area contributed by atoms with Crippen LogP contribution in [-0.4, -0.2) is 41.9 Å². The summed E-state index contributed by atoms with van der Waals surface area (Å²) in [6, 6.07) is 5.20. The van der Waals surface area contributed by atoms with Crippen molar-refractivity contribution in [3.63, 3.8) is 0 Å². The van der Waals surface area contributed by atoms with E-state index in [2.05, 4.69) is 37.6 Å². The van der Waals surface area contributed by atoms with Crippen LogP contribution >= 0.6 is 0 Å². The maximum atomic E-state index is 12.4. The maximum Gasteiger partial charge on any atom is 0.242 e. The molecule has 0 aliphatic heterocycles. The van der Waals surface area contributed by atoms with Crippen LogP contribution in [0.4, 0.5) is 0 Å². The van der Waals surface area contributed by atoms with Gasteiger partial charge in [-0.2, -0.15) is 0 Å². The van der Waals surface area contributed by atoms with Crippen molar-refractivity contribution in [1.29, 1.82) is 0 Å². The number of aromatic nitrogens is 2. The van der Waals surface area contributed by atoms with Crippen molar-refractivity contribution in [2.45, 2.75) is 64.1 Å². The Morgan fingerprint density at radius 1 is 1.24 bits per heavy atom. The number of nitrogens with one attached hydrogen (secondary N) is 1. The summed E-state index contributed by atoms with van der Waals surface area (Å²) in [6.07, 6.45) is 2.01. The molecular weight excluding hydrogens is 336 g/mol. The average molecular weight is 367 g/mol. The minimum absolute atomic E-state index is 0.0363. The van der Waals surface area contributed by atoms with Gasteiger partial charge in [-0.1, -0.05) is 13.8 Å². The van der Waals surface area contributed by atoms with E-state index >= 15 is 0 Å². The molecule has 1 heterocycles. The fourth-order valence-corrected chi connectivity index (χ4v) is 3.50. The van der Waals surface area contributed by atoms with Crippen LogP contribution in [0.25, 0.3) is 11.0 Å². The third-order valence-electron chi connectivity index (χ3n) is 4.63. The Morgan fingerprint density at radius 2 is 1.92 bits per heavy atom. The molecule has 0 amide bonds. The molecule has 6 nitrogen and oxygen atoms in total. The molecule has 0 fully saturated rings. The van der Waals surface area contributed by atoms with Gasteiger partial charge < -0.3 is 9.88 Å². The summed E-state index contributed by atoms with van der Waals surface area (Å²) in [4.78, 5) is 5.00. The van der Waals surface area contributed by atoms with Crippen molar-refractivity contribution in [1.82, 2.24) is 19.2 Å². The molecule has 7 heteroatoms. The molecule has 1 aromatic heterocycles. The fraction of sp³-hybridized carbons (Fsp3) is 0.611. The lowest BCUT2D eigenvalue weighted by molar-refractivity contribution is 0.366. The predicted molar refractivity (Wildman–Crippen MR) is 102 cm³/mol. The van der Waals surface area contributed by atoms with Gasteiger partial charge in [-0.15, -0.1) is 0 Å². The summed E-state index contributed by atoms with van der Waals surface area (Å²) in [5.74, 6) is 0.942. The Hall–Kier alpha value is -1.44. The molecule has 0 unspecified atom stereocenters. The first-order chi connectivity index (χ1) is 11.6. The summed E-state index contributed by atoms with van der Waals surface area (Å²) in [7, 11) is -0.377. The normalized spacial score (nSPS) is 13.1. The number of fused-ring (bicyclic) bond motifs is 1. The molecule has 140 valence electrons. The van der Waals surface area contributed by atoms with Gasteiger partial charge in [-0.25, -0.2) is 17.7 Å². The molecule has 1 N–H and O–H groups in total. The molecule has 0 bridgehead atoms. The molecule has 0 saturated heterocycles. The number of sulfonamides is 1. The van der Waals surface area contributed by atoms with Gasteiger partial charge in [0.1, 0.15) is 5.82 Å². The second-order valence-corrected chi connectivity index (χ2v) is 9.36. The Labute approximate surface area is 151 Å². The Kier molecular flexibility index (Phi) is 5.91. The van der Waals surface area contributed by atoms with E-state index in [4.69, 9.17) is 4.98 Å². The Morgan fingerprint density at radius 3 is 2.48 bits per heavy atom. The highest BCUT2D eigenvalue weighted by Crippen LogP contribution is 2.23. The lowest BCUT2D eigenvalue weighted by Crippen LogP contribution is -2.38. The van der Waals surface area contributed by atoms with E-state index in [1.54, 1.807) is 12.1 Å². The summed E-state index contributed by atoms with van der Waals surface area (Å²) in [5, 5.41) is 3.54. The third kappa shape index (κ3) is 4.22. The summed E-state index contributed by atoms with van der Waals surface area (Å²) >= 11 is 0. The first-order valence-electron chi connectivity index (χ1n) is 8.79. The number of imidazole rings is 1. The topological polar surface area (TPSA) is 67.2 Å². The van der Waals surface area contributed by atoms with Crippen molar-refractivity contribution < 1.29 is 8.42 Å². The monoisotopic (exact) mass is 366 g/mol. The van der Waals surface area contributed by atoms with E-state index in [-0.39, 0.29) is 10.4 Å². The zero-order chi connectivity index (χ0) is 18.8. The largest absolute Gasteiger partial charge is 0.327 e. The summed E-state index contributed by atoms with van der Waals surface area (Å²) in [6.45, 7) is 10.1. The van der Waals surface area contributed by atoms with E-state index in [0.29, 0.717) is 6.54 Å². The molecule has 0 aliphatic rings. The van der Waals surface area contributed by atoms with Crippen LogP contribution in [0.15, 0.2) is 23.1 Å². The van der Waals surface area contributed by atoms with Crippen LogP contribution in [0, 0.1) is 0 Å². The molecule has 25 heavy (non-hydrogen) atoms. The molecule has 2 rings (SSSR count). The molecule has 0 spiro atoms. The second-order valence-electron chi connectivity index (χ2n) is 7.21. The number of nitrogens with zero attached hydrogens (tertiary/aromatic N) is 3. The molecule has 1 aromatic carbocycles. The molecule has 0 radical (unpaired) electrons. The van der Waals surface area contributed by atoms with Crippen LogP contribution in [0.3, 0.4) is 0 Å². The number of hydrogen-bond acceptors (Lipinski definition) is 4. The summed E-state index contributed by atoms with van der Waals surface area (Å²) in [5.41, 5.74) is 1.74. The van der Waals surface area contributed by atoms with Gasteiger partial charge in [-0.3, -0.25) is 0 Å². The first-order valence-corrected chi connectivity index (χ1v) is 10.2. The van der Waals surface area contributed by atoms with Gasteiger partial charge in [0.25, 0.3) is 0 Å². The molecule has 2 aromatic rings. The molecule has 0 saturated carbocycles. The number of rotatable bonds is 8. The van der Waals surface area contributed by atoms with Crippen LogP contribution in [0.1, 0.15) is 46.4 Å². The van der Waals surface area contributed by atoms with Crippen LogP contribution in [0.2, 0.25) is 0 Å². The van der Waals surface area contributed by atoms with Crippen LogP contribution in [0.5, 0.6) is 0 Å². The molecule has 0 atom stereocenters. The van der Waals surface area contributed by atoms with Crippen LogP contribution in [-0.2, 0) is 23.1 Å². The van der Waals surface area contributed by atoms with Gasteiger partial charge in [0.2, 0.25) is 10.0 Å². The smallest absolute Gasteiger partial charge is 0.242 e. The predicted octanol–water partition coefficient (Wildman–Crippen LogP) is 2.97. The van der Waals surface area contributed by atoms with Crippen LogP contribution < -0.4 is 5.32 Å². The van der Waals surface area contributed by atoms with E-state index in [0.717, 1.165) is 36.2 Å². The SMILES string of the molecule is CCCn1c(CNC(C)(C)CC)nc2cc(S(=O)(=O)N(C)C)ccc21. The minimum atomic E-state index is -3.46. The standard InChI is InChI=1S/C18H30N4O2S/c1-7-11-22-16-10-9-14(25(23,24)21(5)6)12-15(16)20-17(22)13-19-18(3,4)8-2/h9-10,12,19H,7-8,11,13H2,1-6H3.